The summed E-state index contributed by atoms with van der Waals surface area (Å²) >= 11 is 0. The Morgan fingerprint density at radius 2 is 0.484 bits per heavy atom. The maximum absolute atomic E-state index is 2.50. The van der Waals surface area contributed by atoms with Gasteiger partial charge in [-0.25, -0.2) is 0 Å². The summed E-state index contributed by atoms with van der Waals surface area (Å²) in [4.78, 5) is 0. The highest BCUT2D eigenvalue weighted by molar-refractivity contribution is 4.56. The average Bonchev–Trinajstić information content (AvgIpc) is 2.77. The molecular formula is C31H64. The van der Waals surface area contributed by atoms with E-state index in [1.54, 1.807) is 0 Å². The van der Waals surface area contributed by atoms with Gasteiger partial charge in [-0.2, -0.15) is 0 Å². The molecule has 0 aliphatic carbocycles. The first kappa shape index (κ1) is 31.0. The van der Waals surface area contributed by atoms with Crippen LogP contribution in [0.15, 0.2) is 0 Å². The van der Waals surface area contributed by atoms with Gasteiger partial charge in [0.1, 0.15) is 0 Å². The van der Waals surface area contributed by atoms with E-state index in [1.807, 2.05) is 0 Å². The molecule has 0 rings (SSSR count). The highest BCUT2D eigenvalue weighted by atomic mass is 14.1. The van der Waals surface area contributed by atoms with E-state index in [9.17, 15) is 0 Å². The summed E-state index contributed by atoms with van der Waals surface area (Å²) < 4.78 is 0. The van der Waals surface area contributed by atoms with Crippen LogP contribution in [0.25, 0.3) is 0 Å². The van der Waals surface area contributed by atoms with Crippen LogP contribution in [-0.2, 0) is 0 Å². The Morgan fingerprint density at radius 1 is 0.290 bits per heavy atom. The first-order valence-corrected chi connectivity index (χ1v) is 15.3. The van der Waals surface area contributed by atoms with E-state index < -0.39 is 0 Å². The Hall–Kier alpha value is 0. The Labute approximate surface area is 200 Å². The number of hydrogen-bond acceptors (Lipinski definition) is 0. The van der Waals surface area contributed by atoms with Crippen LogP contribution < -0.4 is 0 Å². The van der Waals surface area contributed by atoms with Gasteiger partial charge in [0.25, 0.3) is 0 Å². The van der Waals surface area contributed by atoms with Gasteiger partial charge in [-0.15, -0.1) is 0 Å². The largest absolute Gasteiger partial charge is 0.0654 e. The van der Waals surface area contributed by atoms with Crippen molar-refractivity contribution < 1.29 is 0 Å². The van der Waals surface area contributed by atoms with Gasteiger partial charge in [-0.1, -0.05) is 194 Å². The summed E-state index contributed by atoms with van der Waals surface area (Å²) in [5.74, 6) is 0.968. The minimum atomic E-state index is 0.968. The van der Waals surface area contributed by atoms with E-state index in [2.05, 4.69) is 20.8 Å². The molecule has 0 bridgehead atoms. The second-order valence-corrected chi connectivity index (χ2v) is 10.8. The van der Waals surface area contributed by atoms with Gasteiger partial charge in [0.05, 0.1) is 0 Å². The van der Waals surface area contributed by atoms with Crippen LogP contribution in [0, 0.1) is 5.92 Å². The molecule has 0 N–H and O–H groups in total. The molecule has 1 unspecified atom stereocenters. The predicted octanol–water partition coefficient (Wildman–Crippen LogP) is 12.2. The number of rotatable bonds is 27. The molecule has 0 radical (unpaired) electrons. The Kier molecular flexibility index (Phi) is 28.0. The summed E-state index contributed by atoms with van der Waals surface area (Å²) in [5.41, 5.74) is 0. The maximum atomic E-state index is 2.50. The molecular weight excluding hydrogens is 372 g/mol. The van der Waals surface area contributed by atoms with Crippen molar-refractivity contribution in [2.24, 2.45) is 5.92 Å². The standard InChI is InChI=1S/C31H64/c1-4-6-8-10-12-14-16-18-20-22-24-26-28-30-31(3)29-27-25-23-21-19-17-15-13-11-9-7-5-2/h31H,4-30H2,1-3H3. The zero-order valence-corrected chi connectivity index (χ0v) is 22.7. The Bertz CT molecular complexity index is 294. The lowest BCUT2D eigenvalue weighted by molar-refractivity contribution is 0.429. The van der Waals surface area contributed by atoms with Crippen molar-refractivity contribution in [1.82, 2.24) is 0 Å². The van der Waals surface area contributed by atoms with Gasteiger partial charge >= 0.3 is 0 Å². The Morgan fingerprint density at radius 3 is 0.710 bits per heavy atom. The van der Waals surface area contributed by atoms with Crippen LogP contribution >= 0.6 is 0 Å². The zero-order chi connectivity index (χ0) is 22.7. The molecule has 0 saturated heterocycles. The van der Waals surface area contributed by atoms with Crippen molar-refractivity contribution in [2.75, 3.05) is 0 Å². The van der Waals surface area contributed by atoms with E-state index in [0.29, 0.717) is 0 Å². The second-order valence-electron chi connectivity index (χ2n) is 10.8. The SMILES string of the molecule is CCCCCCCCCCCCCCCC(C)CCCCCCCCCCCCCC. The van der Waals surface area contributed by atoms with Crippen LogP contribution in [0.4, 0.5) is 0 Å². The van der Waals surface area contributed by atoms with Gasteiger partial charge in [0.2, 0.25) is 0 Å². The minimum Gasteiger partial charge on any atom is -0.0654 e. The second kappa shape index (κ2) is 28.0. The third kappa shape index (κ3) is 28.0. The molecule has 31 heavy (non-hydrogen) atoms. The molecule has 1 atom stereocenters. The van der Waals surface area contributed by atoms with E-state index in [1.165, 1.54) is 173 Å². The quantitative estimate of drug-likeness (QED) is 0.112. The van der Waals surface area contributed by atoms with Gasteiger partial charge in [-0.05, 0) is 5.92 Å². The summed E-state index contributed by atoms with van der Waals surface area (Å²) in [6.07, 6.45) is 39.8. The first-order valence-electron chi connectivity index (χ1n) is 15.3. The smallest absolute Gasteiger partial charge is 0.0443 e. The third-order valence-corrected chi connectivity index (χ3v) is 7.35. The molecule has 188 valence electrons. The summed E-state index contributed by atoms with van der Waals surface area (Å²) in [6, 6.07) is 0. The molecule has 0 saturated carbocycles. The maximum Gasteiger partial charge on any atom is -0.0443 e. The van der Waals surface area contributed by atoms with Crippen molar-refractivity contribution in [3.05, 3.63) is 0 Å². The molecule has 0 amide bonds. The molecule has 0 aromatic carbocycles. The molecule has 0 aromatic heterocycles. The Balaban J connectivity index is 3.13. The molecule has 0 aliphatic rings. The highest BCUT2D eigenvalue weighted by Crippen LogP contribution is 2.19. The van der Waals surface area contributed by atoms with Crippen molar-refractivity contribution in [3.8, 4) is 0 Å². The molecule has 0 aliphatic heterocycles. The molecule has 0 nitrogen and oxygen atoms in total. The molecule has 0 heterocycles. The molecule has 0 fully saturated rings. The van der Waals surface area contributed by atoms with Crippen LogP contribution in [0.2, 0.25) is 0 Å². The van der Waals surface area contributed by atoms with Gasteiger partial charge in [0, 0.05) is 0 Å². The van der Waals surface area contributed by atoms with Gasteiger partial charge in [-0.3, -0.25) is 0 Å². The van der Waals surface area contributed by atoms with Crippen molar-refractivity contribution in [3.63, 3.8) is 0 Å². The number of hydrogen-bond donors (Lipinski definition) is 0. The minimum absolute atomic E-state index is 0.968. The predicted molar refractivity (Wildman–Crippen MR) is 145 cm³/mol. The van der Waals surface area contributed by atoms with E-state index in [-0.39, 0.29) is 0 Å². The fourth-order valence-electron chi connectivity index (χ4n) is 4.99. The first-order chi connectivity index (χ1) is 15.3. The summed E-state index contributed by atoms with van der Waals surface area (Å²) in [7, 11) is 0. The van der Waals surface area contributed by atoms with Crippen molar-refractivity contribution in [2.45, 2.75) is 194 Å². The lowest BCUT2D eigenvalue weighted by Crippen LogP contribution is -1.95. The van der Waals surface area contributed by atoms with Crippen LogP contribution in [0.1, 0.15) is 194 Å². The molecule has 0 aromatic rings. The topological polar surface area (TPSA) is 0 Å². The lowest BCUT2D eigenvalue weighted by Gasteiger charge is -2.11. The van der Waals surface area contributed by atoms with E-state index in [4.69, 9.17) is 0 Å². The highest BCUT2D eigenvalue weighted by Gasteiger charge is 2.02. The average molecular weight is 437 g/mol. The number of unbranched alkanes of at least 4 members (excludes halogenated alkanes) is 23. The summed E-state index contributed by atoms with van der Waals surface area (Å²) in [5, 5.41) is 0. The zero-order valence-electron chi connectivity index (χ0n) is 22.7. The lowest BCUT2D eigenvalue weighted by atomic mass is 9.95. The van der Waals surface area contributed by atoms with Crippen molar-refractivity contribution in [1.29, 1.82) is 0 Å². The fraction of sp³-hybridized carbons (Fsp3) is 1.00. The van der Waals surface area contributed by atoms with Gasteiger partial charge in [0.15, 0.2) is 0 Å². The van der Waals surface area contributed by atoms with Crippen LogP contribution in [0.3, 0.4) is 0 Å². The third-order valence-electron chi connectivity index (χ3n) is 7.35. The molecule has 0 spiro atoms. The molecule has 0 heteroatoms. The monoisotopic (exact) mass is 437 g/mol. The van der Waals surface area contributed by atoms with Gasteiger partial charge < -0.3 is 0 Å². The van der Waals surface area contributed by atoms with Crippen LogP contribution in [0.5, 0.6) is 0 Å². The van der Waals surface area contributed by atoms with Crippen LogP contribution in [-0.4, -0.2) is 0 Å². The van der Waals surface area contributed by atoms with E-state index >= 15 is 0 Å². The fourth-order valence-corrected chi connectivity index (χ4v) is 4.99. The van der Waals surface area contributed by atoms with E-state index in [0.717, 1.165) is 5.92 Å². The summed E-state index contributed by atoms with van der Waals surface area (Å²) in [6.45, 7) is 7.11. The normalized spacial score (nSPS) is 12.5. The van der Waals surface area contributed by atoms with Crippen molar-refractivity contribution >= 4 is 0 Å².